The molecular weight excluding hydrogens is 273 g/mol. The fraction of sp³-hybridized carbons (Fsp3) is 0.429. The molecule has 1 aliphatic heterocycles. The second kappa shape index (κ2) is 6.18. The van der Waals surface area contributed by atoms with Gasteiger partial charge in [-0.1, -0.05) is 26.0 Å². The summed E-state index contributed by atoms with van der Waals surface area (Å²) in [6.07, 6.45) is 0.701. The van der Waals surface area contributed by atoms with Crippen molar-refractivity contribution in [2.75, 3.05) is 0 Å². The average molecular weight is 291 g/mol. The van der Waals surface area contributed by atoms with E-state index < -0.39 is 19.0 Å². The fourth-order valence-electron chi connectivity index (χ4n) is 2.35. The van der Waals surface area contributed by atoms with Gasteiger partial charge in [-0.25, -0.2) is 4.79 Å². The van der Waals surface area contributed by atoms with Crippen LogP contribution in [0.5, 0.6) is 5.75 Å². The molecule has 0 aliphatic carbocycles. The highest BCUT2D eigenvalue weighted by Crippen LogP contribution is 2.30. The number of carboxylic acid groups (broad SMARTS) is 1. The first-order chi connectivity index (χ1) is 9.88. The van der Waals surface area contributed by atoms with E-state index >= 15 is 0 Å². The number of para-hydroxylation sites is 1. The Balaban J connectivity index is 2.16. The van der Waals surface area contributed by atoms with Gasteiger partial charge in [0, 0.05) is 6.42 Å². The third kappa shape index (κ3) is 3.55. The van der Waals surface area contributed by atoms with Gasteiger partial charge >= 0.3 is 13.1 Å². The molecule has 3 N–H and O–H groups in total. The lowest BCUT2D eigenvalue weighted by atomic mass is 9.72. The van der Waals surface area contributed by atoms with Gasteiger partial charge in [0.2, 0.25) is 5.91 Å². The van der Waals surface area contributed by atoms with Crippen molar-refractivity contribution in [2.24, 2.45) is 5.92 Å². The molecule has 1 heterocycles. The van der Waals surface area contributed by atoms with E-state index in [1.54, 1.807) is 12.1 Å². The summed E-state index contributed by atoms with van der Waals surface area (Å²) in [6.45, 7) is 3.86. The SMILES string of the molecule is CC(C)CC(=O)NC1Cc2cccc(C(=O)O)c2OB1O. The zero-order valence-electron chi connectivity index (χ0n) is 12.0. The molecule has 21 heavy (non-hydrogen) atoms. The average Bonchev–Trinajstić information content (AvgIpc) is 2.37. The highest BCUT2D eigenvalue weighted by atomic mass is 16.5. The van der Waals surface area contributed by atoms with Gasteiger partial charge in [-0.05, 0) is 24.0 Å². The number of carbonyl (C=O) groups excluding carboxylic acids is 1. The van der Waals surface area contributed by atoms with Crippen LogP contribution in [-0.2, 0) is 11.2 Å². The summed E-state index contributed by atoms with van der Waals surface area (Å²) in [4.78, 5) is 22.9. The molecule has 2 rings (SSSR count). The maximum atomic E-state index is 11.8. The molecule has 1 aromatic rings. The maximum Gasteiger partial charge on any atom is 0.547 e. The van der Waals surface area contributed by atoms with Crippen molar-refractivity contribution in [3.8, 4) is 5.75 Å². The molecule has 0 spiro atoms. The molecule has 1 aliphatic rings. The molecule has 7 heteroatoms. The van der Waals surface area contributed by atoms with Gasteiger partial charge in [0.15, 0.2) is 0 Å². The van der Waals surface area contributed by atoms with Gasteiger partial charge < -0.3 is 20.1 Å². The Bertz CT molecular complexity index is 560. The van der Waals surface area contributed by atoms with Gasteiger partial charge in [-0.2, -0.15) is 0 Å². The Morgan fingerprint density at radius 2 is 2.19 bits per heavy atom. The van der Waals surface area contributed by atoms with E-state index in [9.17, 15) is 14.6 Å². The van der Waals surface area contributed by atoms with E-state index in [2.05, 4.69) is 5.32 Å². The molecule has 112 valence electrons. The zero-order chi connectivity index (χ0) is 15.6. The van der Waals surface area contributed by atoms with Crippen molar-refractivity contribution >= 4 is 19.0 Å². The number of benzene rings is 1. The zero-order valence-corrected chi connectivity index (χ0v) is 12.0. The minimum Gasteiger partial charge on any atom is -0.534 e. The molecule has 0 saturated heterocycles. The largest absolute Gasteiger partial charge is 0.547 e. The van der Waals surface area contributed by atoms with Crippen LogP contribution in [0.3, 0.4) is 0 Å². The van der Waals surface area contributed by atoms with Crippen molar-refractivity contribution in [3.05, 3.63) is 29.3 Å². The number of amides is 1. The first kappa shape index (κ1) is 15.4. The minimum absolute atomic E-state index is 0.0125. The third-order valence-electron chi connectivity index (χ3n) is 3.29. The monoisotopic (exact) mass is 291 g/mol. The fourth-order valence-corrected chi connectivity index (χ4v) is 2.35. The van der Waals surface area contributed by atoms with Crippen LogP contribution in [0.15, 0.2) is 18.2 Å². The predicted molar refractivity (Wildman–Crippen MR) is 77.1 cm³/mol. The van der Waals surface area contributed by atoms with E-state index in [-0.39, 0.29) is 23.1 Å². The smallest absolute Gasteiger partial charge is 0.534 e. The van der Waals surface area contributed by atoms with Crippen molar-refractivity contribution in [1.82, 2.24) is 5.32 Å². The van der Waals surface area contributed by atoms with Crippen LogP contribution in [0.4, 0.5) is 0 Å². The van der Waals surface area contributed by atoms with Crippen molar-refractivity contribution in [2.45, 2.75) is 32.6 Å². The summed E-state index contributed by atoms with van der Waals surface area (Å²) in [7, 11) is -1.26. The summed E-state index contributed by atoms with van der Waals surface area (Å²) >= 11 is 0. The highest BCUT2D eigenvalue weighted by molar-refractivity contribution is 6.47. The normalized spacial score (nSPS) is 17.1. The van der Waals surface area contributed by atoms with Crippen molar-refractivity contribution in [3.63, 3.8) is 0 Å². The summed E-state index contributed by atoms with van der Waals surface area (Å²) in [5.74, 6) is -1.45. The van der Waals surface area contributed by atoms with Gasteiger partial charge in [0.25, 0.3) is 0 Å². The quantitative estimate of drug-likeness (QED) is 0.715. The van der Waals surface area contributed by atoms with Gasteiger partial charge in [-0.3, -0.25) is 4.79 Å². The van der Waals surface area contributed by atoms with Crippen LogP contribution in [-0.4, -0.2) is 35.1 Å². The van der Waals surface area contributed by atoms with Gasteiger partial charge in [0.1, 0.15) is 5.75 Å². The van der Waals surface area contributed by atoms with Crippen LogP contribution in [0.2, 0.25) is 0 Å². The third-order valence-corrected chi connectivity index (χ3v) is 3.29. The number of fused-ring (bicyclic) bond motifs is 1. The molecular formula is C14H18BNO5. The molecule has 0 radical (unpaired) electrons. The van der Waals surface area contributed by atoms with E-state index in [1.165, 1.54) is 6.07 Å². The Hall–Kier alpha value is -2.02. The second-order valence-electron chi connectivity index (χ2n) is 5.58. The van der Waals surface area contributed by atoms with Crippen molar-refractivity contribution in [1.29, 1.82) is 0 Å². The van der Waals surface area contributed by atoms with Crippen LogP contribution in [0.25, 0.3) is 0 Å². The van der Waals surface area contributed by atoms with Crippen LogP contribution >= 0.6 is 0 Å². The molecule has 0 fully saturated rings. The van der Waals surface area contributed by atoms with Gasteiger partial charge in [0.05, 0.1) is 11.5 Å². The highest BCUT2D eigenvalue weighted by Gasteiger charge is 2.37. The number of carboxylic acids is 1. The molecule has 0 bridgehead atoms. The predicted octanol–water partition coefficient (Wildman–Crippen LogP) is 0.870. The first-order valence-corrected chi connectivity index (χ1v) is 6.87. The van der Waals surface area contributed by atoms with Gasteiger partial charge in [-0.15, -0.1) is 0 Å². The molecule has 1 aromatic carbocycles. The number of carbonyl (C=O) groups is 2. The molecule has 1 amide bonds. The van der Waals surface area contributed by atoms with Crippen LogP contribution in [0, 0.1) is 5.92 Å². The van der Waals surface area contributed by atoms with E-state index in [0.29, 0.717) is 18.4 Å². The Kier molecular flexibility index (Phi) is 4.52. The number of hydrogen-bond donors (Lipinski definition) is 3. The Labute approximate surface area is 123 Å². The topological polar surface area (TPSA) is 95.9 Å². The first-order valence-electron chi connectivity index (χ1n) is 6.87. The minimum atomic E-state index is -1.26. The molecule has 0 saturated carbocycles. The summed E-state index contributed by atoms with van der Waals surface area (Å²) in [6, 6.07) is 4.77. The lowest BCUT2D eigenvalue weighted by Crippen LogP contribution is -2.53. The summed E-state index contributed by atoms with van der Waals surface area (Å²) in [5.41, 5.74) is 0.675. The number of aromatic carboxylic acids is 1. The van der Waals surface area contributed by atoms with E-state index in [1.807, 2.05) is 13.8 Å². The Morgan fingerprint density at radius 3 is 2.81 bits per heavy atom. The molecule has 0 aromatic heterocycles. The molecule has 6 nitrogen and oxygen atoms in total. The van der Waals surface area contributed by atoms with E-state index in [0.717, 1.165) is 0 Å². The summed E-state index contributed by atoms with van der Waals surface area (Å²) in [5, 5.41) is 21.8. The lowest BCUT2D eigenvalue weighted by Gasteiger charge is -2.29. The molecule has 1 atom stereocenters. The maximum absolute atomic E-state index is 11.8. The Morgan fingerprint density at radius 1 is 1.48 bits per heavy atom. The number of rotatable bonds is 4. The van der Waals surface area contributed by atoms with Crippen LogP contribution < -0.4 is 9.97 Å². The standard InChI is InChI=1S/C14H18BNO5/c1-8(2)6-12(17)16-11-7-9-4-3-5-10(14(18)19)13(9)21-15(11)20/h3-5,8,11,20H,6-7H2,1-2H3,(H,16,17)(H,18,19). The number of nitrogens with one attached hydrogen (secondary N) is 1. The molecule has 1 unspecified atom stereocenters. The summed E-state index contributed by atoms with van der Waals surface area (Å²) < 4.78 is 5.30. The van der Waals surface area contributed by atoms with Crippen LogP contribution in [0.1, 0.15) is 36.2 Å². The lowest BCUT2D eigenvalue weighted by molar-refractivity contribution is -0.122. The number of hydrogen-bond acceptors (Lipinski definition) is 4. The van der Waals surface area contributed by atoms with Crippen molar-refractivity contribution < 1.29 is 24.4 Å². The van der Waals surface area contributed by atoms with E-state index in [4.69, 9.17) is 9.76 Å². The second-order valence-corrected chi connectivity index (χ2v) is 5.58.